The number of nitriles is 1. The summed E-state index contributed by atoms with van der Waals surface area (Å²) in [6, 6.07) is 4.02. The number of azide groups is 1. The lowest BCUT2D eigenvalue weighted by molar-refractivity contribution is -0.0148. The maximum atomic E-state index is 9.43. The summed E-state index contributed by atoms with van der Waals surface area (Å²) in [5.74, 6) is 1.12. The minimum absolute atomic E-state index is 0.224. The lowest BCUT2D eigenvalue weighted by atomic mass is 9.93. The number of hydrogen-bond acceptors (Lipinski definition) is 7. The van der Waals surface area contributed by atoms with Crippen LogP contribution in [0.1, 0.15) is 18.5 Å². The average Bonchev–Trinajstić information content (AvgIpc) is 2.58. The van der Waals surface area contributed by atoms with Gasteiger partial charge in [0.05, 0.1) is 19.8 Å². The first-order chi connectivity index (χ1) is 11.1. The second-order valence-corrected chi connectivity index (χ2v) is 5.25. The smallest absolute Gasteiger partial charge is 0.228 e. The lowest BCUT2D eigenvalue weighted by Gasteiger charge is -2.37. The third kappa shape index (κ3) is 4.22. The zero-order valence-corrected chi connectivity index (χ0v) is 13.3. The van der Waals surface area contributed by atoms with Gasteiger partial charge in [-0.25, -0.2) is 4.98 Å². The van der Waals surface area contributed by atoms with Crippen LogP contribution in [0.4, 0.5) is 5.95 Å². The average molecular weight is 317 g/mol. The van der Waals surface area contributed by atoms with Crippen molar-refractivity contribution in [3.05, 3.63) is 22.2 Å². The van der Waals surface area contributed by atoms with Gasteiger partial charge >= 0.3 is 0 Å². The molecule has 0 unspecified atom stereocenters. The Balaban J connectivity index is 2.00. The number of nitrogens with zero attached hydrogens (tertiary/aromatic N) is 7. The highest BCUT2D eigenvalue weighted by molar-refractivity contribution is 5.35. The number of ether oxygens (including phenoxy) is 2. The number of aromatic nitrogens is 2. The first kappa shape index (κ1) is 16.8. The maximum Gasteiger partial charge on any atom is 0.228 e. The van der Waals surface area contributed by atoms with E-state index in [0.717, 1.165) is 5.69 Å². The predicted octanol–water partition coefficient (Wildman–Crippen LogP) is 1.98. The molecule has 0 spiro atoms. The molecule has 9 heteroatoms. The van der Waals surface area contributed by atoms with Crippen LogP contribution < -0.4 is 9.64 Å². The van der Waals surface area contributed by atoms with Crippen molar-refractivity contribution in [3.8, 4) is 11.9 Å². The largest absolute Gasteiger partial charge is 0.481 e. The van der Waals surface area contributed by atoms with Gasteiger partial charge in [0.25, 0.3) is 0 Å². The van der Waals surface area contributed by atoms with Gasteiger partial charge in [0.2, 0.25) is 11.8 Å². The number of rotatable bonds is 6. The van der Waals surface area contributed by atoms with E-state index >= 15 is 0 Å². The maximum absolute atomic E-state index is 9.43. The standard InChI is InChI=1S/C14H19N7O2/c1-11-9-12(22-2)19-13(18-11)21-6-3-14(10-15,4-7-21)23-8-5-17-20-16/h9H,3-8H2,1-2H3. The van der Waals surface area contributed by atoms with Crippen molar-refractivity contribution in [1.82, 2.24) is 9.97 Å². The first-order valence-corrected chi connectivity index (χ1v) is 7.33. The van der Waals surface area contributed by atoms with E-state index in [4.69, 9.17) is 15.0 Å². The molecule has 23 heavy (non-hydrogen) atoms. The Kier molecular flexibility index (Phi) is 5.57. The molecule has 0 bridgehead atoms. The highest BCUT2D eigenvalue weighted by atomic mass is 16.5. The number of methoxy groups -OCH3 is 1. The predicted molar refractivity (Wildman–Crippen MR) is 83.1 cm³/mol. The van der Waals surface area contributed by atoms with Crippen molar-refractivity contribution in [2.45, 2.75) is 25.4 Å². The Morgan fingerprint density at radius 2 is 2.22 bits per heavy atom. The van der Waals surface area contributed by atoms with E-state index in [2.05, 4.69) is 26.1 Å². The van der Waals surface area contributed by atoms with Gasteiger partial charge < -0.3 is 14.4 Å². The van der Waals surface area contributed by atoms with Crippen LogP contribution in [0, 0.1) is 18.3 Å². The van der Waals surface area contributed by atoms with Crippen LogP contribution in [0.3, 0.4) is 0 Å². The summed E-state index contributed by atoms with van der Waals surface area (Å²) in [4.78, 5) is 13.5. The van der Waals surface area contributed by atoms with Crippen molar-refractivity contribution in [1.29, 1.82) is 5.26 Å². The van der Waals surface area contributed by atoms with Crippen LogP contribution in [0.15, 0.2) is 11.2 Å². The molecular weight excluding hydrogens is 298 g/mol. The summed E-state index contributed by atoms with van der Waals surface area (Å²) < 4.78 is 10.8. The third-order valence-electron chi connectivity index (χ3n) is 3.72. The summed E-state index contributed by atoms with van der Waals surface area (Å²) in [5.41, 5.74) is 8.25. The van der Waals surface area contributed by atoms with Gasteiger partial charge in [-0.3, -0.25) is 0 Å². The molecule has 0 aromatic carbocycles. The summed E-state index contributed by atoms with van der Waals surface area (Å²) in [5, 5.41) is 12.8. The fraction of sp³-hybridized carbons (Fsp3) is 0.643. The van der Waals surface area contributed by atoms with Crippen molar-refractivity contribution in [2.24, 2.45) is 5.11 Å². The minimum atomic E-state index is -0.838. The molecule has 1 saturated heterocycles. The van der Waals surface area contributed by atoms with Crippen LogP contribution in [0.2, 0.25) is 0 Å². The third-order valence-corrected chi connectivity index (χ3v) is 3.72. The SMILES string of the molecule is COc1cc(C)nc(N2CCC(C#N)(OCCN=[N+]=[N-])CC2)n1. The second-order valence-electron chi connectivity index (χ2n) is 5.25. The van der Waals surface area contributed by atoms with Crippen molar-refractivity contribution in [3.63, 3.8) is 0 Å². The fourth-order valence-corrected chi connectivity index (χ4v) is 2.45. The Morgan fingerprint density at radius 1 is 1.48 bits per heavy atom. The molecule has 0 amide bonds. The Morgan fingerprint density at radius 3 is 2.83 bits per heavy atom. The van der Waals surface area contributed by atoms with Crippen molar-refractivity contribution >= 4 is 5.95 Å². The van der Waals surface area contributed by atoms with Crippen LogP contribution in [0.25, 0.3) is 10.4 Å². The second kappa shape index (κ2) is 7.63. The normalized spacial score (nSPS) is 16.3. The molecule has 0 N–H and O–H groups in total. The molecule has 9 nitrogen and oxygen atoms in total. The van der Waals surface area contributed by atoms with E-state index in [9.17, 15) is 5.26 Å². The fourth-order valence-electron chi connectivity index (χ4n) is 2.45. The van der Waals surface area contributed by atoms with E-state index in [0.29, 0.717) is 37.8 Å². The van der Waals surface area contributed by atoms with Crippen LogP contribution in [0.5, 0.6) is 5.88 Å². The zero-order valence-electron chi connectivity index (χ0n) is 13.3. The van der Waals surface area contributed by atoms with Crippen LogP contribution in [-0.2, 0) is 4.74 Å². The molecule has 1 aromatic rings. The van der Waals surface area contributed by atoms with E-state index in [1.807, 2.05) is 11.8 Å². The molecule has 2 rings (SSSR count). The van der Waals surface area contributed by atoms with Gasteiger partial charge in [0.15, 0.2) is 5.60 Å². The summed E-state index contributed by atoms with van der Waals surface area (Å²) in [6.07, 6.45) is 1.08. The molecule has 122 valence electrons. The van der Waals surface area contributed by atoms with E-state index in [1.54, 1.807) is 13.2 Å². The van der Waals surface area contributed by atoms with E-state index < -0.39 is 5.60 Å². The van der Waals surface area contributed by atoms with Gasteiger partial charge in [-0.2, -0.15) is 10.2 Å². The van der Waals surface area contributed by atoms with E-state index in [1.165, 1.54) is 0 Å². The molecule has 2 heterocycles. The highest BCUT2D eigenvalue weighted by Crippen LogP contribution is 2.28. The molecule has 0 saturated carbocycles. The minimum Gasteiger partial charge on any atom is -0.481 e. The van der Waals surface area contributed by atoms with Crippen molar-refractivity contribution < 1.29 is 9.47 Å². The van der Waals surface area contributed by atoms with E-state index in [-0.39, 0.29) is 13.2 Å². The first-order valence-electron chi connectivity index (χ1n) is 7.33. The summed E-state index contributed by atoms with van der Waals surface area (Å²) in [7, 11) is 1.57. The topological polar surface area (TPSA) is 120 Å². The highest BCUT2D eigenvalue weighted by Gasteiger charge is 2.36. The van der Waals surface area contributed by atoms with Gasteiger partial charge in [0.1, 0.15) is 0 Å². The number of anilines is 1. The van der Waals surface area contributed by atoms with Gasteiger partial charge in [-0.15, -0.1) is 0 Å². The molecule has 0 radical (unpaired) electrons. The molecule has 0 aliphatic carbocycles. The lowest BCUT2D eigenvalue weighted by Crippen LogP contribution is -2.46. The number of piperidine rings is 1. The molecule has 1 aliphatic heterocycles. The van der Waals surface area contributed by atoms with Gasteiger partial charge in [-0.05, 0) is 12.5 Å². The summed E-state index contributed by atoms with van der Waals surface area (Å²) >= 11 is 0. The zero-order chi connectivity index (χ0) is 16.7. The summed E-state index contributed by atoms with van der Waals surface area (Å²) in [6.45, 7) is 3.58. The van der Waals surface area contributed by atoms with Crippen LogP contribution in [-0.4, -0.2) is 48.9 Å². The monoisotopic (exact) mass is 317 g/mol. The quantitative estimate of drug-likeness (QED) is 0.342. The molecule has 1 aromatic heterocycles. The Hall–Kier alpha value is -2.56. The number of hydrogen-bond donors (Lipinski definition) is 0. The van der Waals surface area contributed by atoms with Crippen molar-refractivity contribution in [2.75, 3.05) is 38.3 Å². The van der Waals surface area contributed by atoms with Gasteiger partial charge in [-0.1, -0.05) is 5.11 Å². The Labute approximate surface area is 134 Å². The molecule has 0 atom stereocenters. The molecule has 1 aliphatic rings. The van der Waals surface area contributed by atoms with Gasteiger partial charge in [0, 0.05) is 49.1 Å². The molecular formula is C14H19N7O2. The van der Waals surface area contributed by atoms with Crippen LogP contribution >= 0.6 is 0 Å². The Bertz CT molecular complexity index is 629. The number of aryl methyl sites for hydroxylation is 1. The molecule has 1 fully saturated rings.